The molecule has 0 aliphatic rings. The second-order valence-electron chi connectivity index (χ2n) is 3.92. The summed E-state index contributed by atoms with van der Waals surface area (Å²) < 4.78 is 45.1. The molecular weight excluding hydrogens is 293 g/mol. The molecule has 0 bridgehead atoms. The third-order valence-electron chi connectivity index (χ3n) is 2.57. The number of alkyl halides is 3. The van der Waals surface area contributed by atoms with Gasteiger partial charge in [0.15, 0.2) is 0 Å². The fourth-order valence-electron chi connectivity index (χ4n) is 1.69. The van der Waals surface area contributed by atoms with Crippen molar-refractivity contribution in [2.45, 2.75) is 6.36 Å². The first-order chi connectivity index (χ1) is 9.39. The lowest BCUT2D eigenvalue weighted by Crippen LogP contribution is -2.16. The first kappa shape index (κ1) is 14.5. The van der Waals surface area contributed by atoms with E-state index in [4.69, 9.17) is 16.3 Å². The number of benzene rings is 2. The Morgan fingerprint density at radius 3 is 2.10 bits per heavy atom. The third kappa shape index (κ3) is 3.57. The van der Waals surface area contributed by atoms with Gasteiger partial charge in [0.25, 0.3) is 0 Å². The first-order valence-corrected chi connectivity index (χ1v) is 5.96. The van der Waals surface area contributed by atoms with Crippen LogP contribution >= 0.6 is 11.6 Å². The first-order valence-electron chi connectivity index (χ1n) is 5.59. The summed E-state index contributed by atoms with van der Waals surface area (Å²) in [6.07, 6.45) is -4.70. The average Bonchev–Trinajstić information content (AvgIpc) is 2.39. The van der Waals surface area contributed by atoms with Crippen molar-refractivity contribution in [1.29, 1.82) is 0 Å². The standard InChI is InChI=1S/C14H10ClF3O2/c1-19-11-6-7-13(15)12(8-11)9-2-4-10(5-3-9)20-14(16,17)18/h2-8H,1H3. The normalized spacial score (nSPS) is 11.2. The van der Waals surface area contributed by atoms with Gasteiger partial charge in [0.2, 0.25) is 0 Å². The van der Waals surface area contributed by atoms with Crippen molar-refractivity contribution < 1.29 is 22.6 Å². The summed E-state index contributed by atoms with van der Waals surface area (Å²) in [6.45, 7) is 0. The zero-order valence-electron chi connectivity index (χ0n) is 10.4. The maximum absolute atomic E-state index is 12.1. The molecule has 0 radical (unpaired) electrons. The minimum Gasteiger partial charge on any atom is -0.497 e. The van der Waals surface area contributed by atoms with Crippen LogP contribution in [-0.2, 0) is 0 Å². The second kappa shape index (κ2) is 5.63. The SMILES string of the molecule is COc1ccc(Cl)c(-c2ccc(OC(F)(F)F)cc2)c1. The number of hydrogen-bond donors (Lipinski definition) is 0. The minimum atomic E-state index is -4.70. The Balaban J connectivity index is 2.30. The number of halogens is 4. The van der Waals surface area contributed by atoms with Crippen LogP contribution < -0.4 is 9.47 Å². The molecule has 0 atom stereocenters. The van der Waals surface area contributed by atoms with Crippen molar-refractivity contribution in [2.24, 2.45) is 0 Å². The van der Waals surface area contributed by atoms with E-state index in [2.05, 4.69) is 4.74 Å². The number of hydrogen-bond acceptors (Lipinski definition) is 2. The van der Waals surface area contributed by atoms with Gasteiger partial charge in [0.1, 0.15) is 11.5 Å². The summed E-state index contributed by atoms with van der Waals surface area (Å²) in [5.74, 6) is 0.334. The van der Waals surface area contributed by atoms with Crippen LogP contribution in [0.1, 0.15) is 0 Å². The fourth-order valence-corrected chi connectivity index (χ4v) is 1.92. The molecule has 2 aromatic carbocycles. The lowest BCUT2D eigenvalue weighted by molar-refractivity contribution is -0.274. The summed E-state index contributed by atoms with van der Waals surface area (Å²) in [7, 11) is 1.52. The van der Waals surface area contributed by atoms with Gasteiger partial charge < -0.3 is 9.47 Å². The largest absolute Gasteiger partial charge is 0.573 e. The highest BCUT2D eigenvalue weighted by molar-refractivity contribution is 6.33. The highest BCUT2D eigenvalue weighted by atomic mass is 35.5. The molecule has 0 amide bonds. The quantitative estimate of drug-likeness (QED) is 0.801. The van der Waals surface area contributed by atoms with Crippen LogP contribution in [0.15, 0.2) is 42.5 Å². The lowest BCUT2D eigenvalue weighted by atomic mass is 10.1. The van der Waals surface area contributed by atoms with Crippen LogP contribution in [0.4, 0.5) is 13.2 Å². The van der Waals surface area contributed by atoms with E-state index in [9.17, 15) is 13.2 Å². The molecule has 0 saturated heterocycles. The van der Waals surface area contributed by atoms with E-state index >= 15 is 0 Å². The molecule has 0 aromatic heterocycles. The molecule has 0 fully saturated rings. The Labute approximate surface area is 118 Å². The maximum Gasteiger partial charge on any atom is 0.573 e. The van der Waals surface area contributed by atoms with Gasteiger partial charge in [-0.15, -0.1) is 13.2 Å². The van der Waals surface area contributed by atoms with Crippen LogP contribution in [0.25, 0.3) is 11.1 Å². The molecular formula is C14H10ClF3O2. The summed E-state index contributed by atoms with van der Waals surface area (Å²) >= 11 is 6.07. The molecule has 6 heteroatoms. The van der Waals surface area contributed by atoms with Gasteiger partial charge in [-0.25, -0.2) is 0 Å². The van der Waals surface area contributed by atoms with Crippen molar-refractivity contribution >= 4 is 11.6 Å². The van der Waals surface area contributed by atoms with E-state index in [0.717, 1.165) is 0 Å². The van der Waals surface area contributed by atoms with E-state index < -0.39 is 6.36 Å². The van der Waals surface area contributed by atoms with E-state index in [1.165, 1.54) is 31.4 Å². The summed E-state index contributed by atoms with van der Waals surface area (Å²) in [6, 6.07) is 10.5. The van der Waals surface area contributed by atoms with Crippen molar-refractivity contribution in [3.8, 4) is 22.6 Å². The van der Waals surface area contributed by atoms with Crippen molar-refractivity contribution in [3.63, 3.8) is 0 Å². The van der Waals surface area contributed by atoms with Gasteiger partial charge >= 0.3 is 6.36 Å². The molecule has 0 N–H and O–H groups in total. The van der Waals surface area contributed by atoms with Crippen molar-refractivity contribution in [1.82, 2.24) is 0 Å². The monoisotopic (exact) mass is 302 g/mol. The zero-order chi connectivity index (χ0) is 14.8. The predicted octanol–water partition coefficient (Wildman–Crippen LogP) is 4.91. The number of methoxy groups -OCH3 is 1. The van der Waals surface area contributed by atoms with Crippen LogP contribution in [0.5, 0.6) is 11.5 Å². The zero-order valence-corrected chi connectivity index (χ0v) is 11.1. The Bertz CT molecular complexity index is 594. The highest BCUT2D eigenvalue weighted by Crippen LogP contribution is 2.33. The molecule has 0 aliphatic heterocycles. The Morgan fingerprint density at radius 1 is 0.950 bits per heavy atom. The Hall–Kier alpha value is -1.88. The van der Waals surface area contributed by atoms with Crippen LogP contribution in [0, 0.1) is 0 Å². The molecule has 0 aliphatic carbocycles. The van der Waals surface area contributed by atoms with E-state index in [1.54, 1.807) is 18.2 Å². The Morgan fingerprint density at radius 2 is 1.55 bits per heavy atom. The van der Waals surface area contributed by atoms with Gasteiger partial charge in [0, 0.05) is 10.6 Å². The molecule has 2 aromatic rings. The molecule has 2 nitrogen and oxygen atoms in total. The molecule has 0 unspecified atom stereocenters. The molecule has 0 spiro atoms. The molecule has 2 rings (SSSR count). The van der Waals surface area contributed by atoms with Crippen LogP contribution in [0.2, 0.25) is 5.02 Å². The van der Waals surface area contributed by atoms with E-state index in [1.807, 2.05) is 0 Å². The lowest BCUT2D eigenvalue weighted by Gasteiger charge is -2.10. The summed E-state index contributed by atoms with van der Waals surface area (Å²) in [5, 5.41) is 0.482. The molecule has 0 heterocycles. The van der Waals surface area contributed by atoms with Crippen LogP contribution in [0.3, 0.4) is 0 Å². The van der Waals surface area contributed by atoms with E-state index in [-0.39, 0.29) is 5.75 Å². The van der Waals surface area contributed by atoms with E-state index in [0.29, 0.717) is 21.9 Å². The molecule has 106 valence electrons. The third-order valence-corrected chi connectivity index (χ3v) is 2.90. The smallest absolute Gasteiger partial charge is 0.497 e. The fraction of sp³-hybridized carbons (Fsp3) is 0.143. The minimum absolute atomic E-state index is 0.278. The summed E-state index contributed by atoms with van der Waals surface area (Å²) in [4.78, 5) is 0. The molecule has 20 heavy (non-hydrogen) atoms. The topological polar surface area (TPSA) is 18.5 Å². The van der Waals surface area contributed by atoms with Crippen molar-refractivity contribution in [3.05, 3.63) is 47.5 Å². The van der Waals surface area contributed by atoms with Gasteiger partial charge in [0.05, 0.1) is 7.11 Å². The highest BCUT2D eigenvalue weighted by Gasteiger charge is 2.30. The predicted molar refractivity (Wildman–Crippen MR) is 70.1 cm³/mol. The Kier molecular flexibility index (Phi) is 4.09. The van der Waals surface area contributed by atoms with Gasteiger partial charge in [-0.2, -0.15) is 0 Å². The van der Waals surface area contributed by atoms with Gasteiger partial charge in [-0.3, -0.25) is 0 Å². The van der Waals surface area contributed by atoms with Crippen LogP contribution in [-0.4, -0.2) is 13.5 Å². The van der Waals surface area contributed by atoms with Gasteiger partial charge in [-0.1, -0.05) is 23.7 Å². The number of rotatable bonds is 3. The number of ether oxygens (including phenoxy) is 2. The van der Waals surface area contributed by atoms with Gasteiger partial charge in [-0.05, 0) is 35.9 Å². The summed E-state index contributed by atoms with van der Waals surface area (Å²) in [5.41, 5.74) is 1.34. The maximum atomic E-state index is 12.1. The second-order valence-corrected chi connectivity index (χ2v) is 4.33. The molecule has 0 saturated carbocycles. The average molecular weight is 303 g/mol. The van der Waals surface area contributed by atoms with Crippen molar-refractivity contribution in [2.75, 3.05) is 7.11 Å².